The Balaban J connectivity index is 2.15. The van der Waals surface area contributed by atoms with Crippen molar-refractivity contribution in [3.63, 3.8) is 0 Å². The number of aromatic hydroxyl groups is 1. The highest BCUT2D eigenvalue weighted by molar-refractivity contribution is 5.96. The molecule has 1 aromatic carbocycles. The third kappa shape index (κ3) is 2.61. The van der Waals surface area contributed by atoms with Gasteiger partial charge >= 0.3 is 0 Å². The van der Waals surface area contributed by atoms with E-state index in [1.165, 1.54) is 6.07 Å². The first-order valence-electron chi connectivity index (χ1n) is 6.00. The van der Waals surface area contributed by atoms with Crippen LogP contribution in [0.2, 0.25) is 0 Å². The lowest BCUT2D eigenvalue weighted by atomic mass is 9.98. The molecule has 1 heterocycles. The number of aliphatic hydroxyl groups is 1. The van der Waals surface area contributed by atoms with Gasteiger partial charge in [0.25, 0.3) is 5.91 Å². The molecule has 18 heavy (non-hydrogen) atoms. The molecule has 1 aliphatic rings. The molecule has 1 atom stereocenters. The summed E-state index contributed by atoms with van der Waals surface area (Å²) in [5.41, 5.74) is 0.106. The van der Waals surface area contributed by atoms with Crippen molar-refractivity contribution in [2.45, 2.75) is 12.8 Å². The first-order chi connectivity index (χ1) is 8.61. The number of carbonyl (C=O) groups is 1. The molecule has 1 unspecified atom stereocenters. The lowest BCUT2D eigenvalue weighted by Crippen LogP contribution is -2.40. The van der Waals surface area contributed by atoms with Gasteiger partial charge < -0.3 is 15.1 Å². The Morgan fingerprint density at radius 2 is 2.28 bits per heavy atom. The van der Waals surface area contributed by atoms with Crippen molar-refractivity contribution in [2.75, 3.05) is 19.7 Å². The highest BCUT2D eigenvalue weighted by Crippen LogP contribution is 2.23. The maximum absolute atomic E-state index is 12.9. The standard InChI is InChI=1S/C13H16FNO3/c14-10-3-4-11(12(17)6-10)13(18)15-5-1-2-9(7-15)8-16/h3-4,6,9,16-17H,1-2,5,7-8H2. The summed E-state index contributed by atoms with van der Waals surface area (Å²) >= 11 is 0. The number of hydrogen-bond acceptors (Lipinski definition) is 3. The van der Waals surface area contributed by atoms with Crippen LogP contribution < -0.4 is 0 Å². The van der Waals surface area contributed by atoms with Crippen LogP contribution in [0.4, 0.5) is 4.39 Å². The molecule has 98 valence electrons. The van der Waals surface area contributed by atoms with Crippen LogP contribution in [-0.4, -0.2) is 40.7 Å². The van der Waals surface area contributed by atoms with Gasteiger partial charge in [-0.1, -0.05) is 0 Å². The van der Waals surface area contributed by atoms with E-state index in [4.69, 9.17) is 5.11 Å². The minimum absolute atomic E-state index is 0.0547. The van der Waals surface area contributed by atoms with Crippen LogP contribution in [-0.2, 0) is 0 Å². The van der Waals surface area contributed by atoms with E-state index in [0.717, 1.165) is 25.0 Å². The zero-order valence-corrected chi connectivity index (χ0v) is 9.97. The molecule has 2 N–H and O–H groups in total. The number of aliphatic hydroxyl groups excluding tert-OH is 1. The Labute approximate surface area is 105 Å². The van der Waals surface area contributed by atoms with Gasteiger partial charge in [0.1, 0.15) is 11.6 Å². The van der Waals surface area contributed by atoms with E-state index in [1.54, 1.807) is 4.90 Å². The van der Waals surface area contributed by atoms with Gasteiger partial charge in [-0.2, -0.15) is 0 Å². The van der Waals surface area contributed by atoms with Crippen LogP contribution in [0, 0.1) is 11.7 Å². The summed E-state index contributed by atoms with van der Waals surface area (Å²) in [7, 11) is 0. The van der Waals surface area contributed by atoms with Gasteiger partial charge in [0, 0.05) is 25.8 Å². The summed E-state index contributed by atoms with van der Waals surface area (Å²) in [6, 6.07) is 3.37. The van der Waals surface area contributed by atoms with Crippen molar-refractivity contribution in [1.82, 2.24) is 4.90 Å². The van der Waals surface area contributed by atoms with Gasteiger partial charge in [0.2, 0.25) is 0 Å². The number of benzene rings is 1. The van der Waals surface area contributed by atoms with Gasteiger partial charge in [0.15, 0.2) is 0 Å². The van der Waals surface area contributed by atoms with Crippen molar-refractivity contribution in [1.29, 1.82) is 0 Å². The number of phenolic OH excluding ortho intramolecular Hbond substituents is 1. The lowest BCUT2D eigenvalue weighted by Gasteiger charge is -2.32. The van der Waals surface area contributed by atoms with E-state index in [0.29, 0.717) is 13.1 Å². The number of hydrogen-bond donors (Lipinski definition) is 2. The number of carbonyl (C=O) groups excluding carboxylic acids is 1. The average Bonchev–Trinajstić information content (AvgIpc) is 2.38. The molecule has 5 heteroatoms. The zero-order chi connectivity index (χ0) is 13.1. The summed E-state index contributed by atoms with van der Waals surface area (Å²) in [5, 5.41) is 18.7. The van der Waals surface area contributed by atoms with Crippen molar-refractivity contribution in [3.05, 3.63) is 29.6 Å². The van der Waals surface area contributed by atoms with E-state index < -0.39 is 5.82 Å². The monoisotopic (exact) mass is 253 g/mol. The third-order valence-corrected chi connectivity index (χ3v) is 3.25. The van der Waals surface area contributed by atoms with Crippen LogP contribution in [0.3, 0.4) is 0 Å². The maximum atomic E-state index is 12.9. The fourth-order valence-electron chi connectivity index (χ4n) is 2.25. The smallest absolute Gasteiger partial charge is 0.257 e. The molecule has 1 amide bonds. The molecule has 0 aliphatic carbocycles. The molecule has 0 bridgehead atoms. The summed E-state index contributed by atoms with van der Waals surface area (Å²) in [4.78, 5) is 13.7. The second-order valence-electron chi connectivity index (χ2n) is 4.60. The number of piperidine rings is 1. The topological polar surface area (TPSA) is 60.8 Å². The van der Waals surface area contributed by atoms with E-state index >= 15 is 0 Å². The molecular formula is C13H16FNO3. The van der Waals surface area contributed by atoms with Crippen LogP contribution >= 0.6 is 0 Å². The molecular weight excluding hydrogens is 237 g/mol. The Morgan fingerprint density at radius 3 is 2.94 bits per heavy atom. The number of amides is 1. The predicted molar refractivity (Wildman–Crippen MR) is 63.8 cm³/mol. The fraction of sp³-hybridized carbons (Fsp3) is 0.462. The van der Waals surface area contributed by atoms with Gasteiger partial charge in [-0.15, -0.1) is 0 Å². The van der Waals surface area contributed by atoms with Crippen LogP contribution in [0.1, 0.15) is 23.2 Å². The second kappa shape index (κ2) is 5.35. The van der Waals surface area contributed by atoms with E-state index in [1.807, 2.05) is 0 Å². The Morgan fingerprint density at radius 1 is 1.50 bits per heavy atom. The predicted octanol–water partition coefficient (Wildman–Crippen LogP) is 1.38. The van der Waals surface area contributed by atoms with Crippen molar-refractivity contribution in [3.8, 4) is 5.75 Å². The van der Waals surface area contributed by atoms with Crippen molar-refractivity contribution in [2.24, 2.45) is 5.92 Å². The summed E-state index contributed by atoms with van der Waals surface area (Å²) in [5.74, 6) is -1.14. The third-order valence-electron chi connectivity index (χ3n) is 3.25. The minimum Gasteiger partial charge on any atom is -0.507 e. The van der Waals surface area contributed by atoms with Gasteiger partial charge in [-0.05, 0) is 30.9 Å². The Kier molecular flexibility index (Phi) is 3.81. The second-order valence-corrected chi connectivity index (χ2v) is 4.60. The lowest BCUT2D eigenvalue weighted by molar-refractivity contribution is 0.0618. The SMILES string of the molecule is O=C(c1ccc(F)cc1O)N1CCCC(CO)C1. The minimum atomic E-state index is -0.573. The zero-order valence-electron chi connectivity index (χ0n) is 9.97. The Hall–Kier alpha value is -1.62. The van der Waals surface area contributed by atoms with Gasteiger partial charge in [-0.25, -0.2) is 4.39 Å². The highest BCUT2D eigenvalue weighted by atomic mass is 19.1. The quantitative estimate of drug-likeness (QED) is 0.837. The molecule has 2 rings (SSSR count). The highest BCUT2D eigenvalue weighted by Gasteiger charge is 2.25. The molecule has 1 fully saturated rings. The molecule has 1 aromatic rings. The van der Waals surface area contributed by atoms with E-state index in [2.05, 4.69) is 0 Å². The van der Waals surface area contributed by atoms with Crippen LogP contribution in [0.5, 0.6) is 5.75 Å². The normalized spacial score (nSPS) is 19.9. The maximum Gasteiger partial charge on any atom is 0.257 e. The van der Waals surface area contributed by atoms with Crippen LogP contribution in [0.15, 0.2) is 18.2 Å². The van der Waals surface area contributed by atoms with E-state index in [-0.39, 0.29) is 29.7 Å². The molecule has 0 saturated carbocycles. The largest absolute Gasteiger partial charge is 0.507 e. The number of rotatable bonds is 2. The fourth-order valence-corrected chi connectivity index (χ4v) is 2.25. The van der Waals surface area contributed by atoms with Crippen molar-refractivity contribution < 1.29 is 19.4 Å². The molecule has 0 aromatic heterocycles. The van der Waals surface area contributed by atoms with Gasteiger partial charge in [-0.3, -0.25) is 4.79 Å². The van der Waals surface area contributed by atoms with E-state index in [9.17, 15) is 14.3 Å². The number of halogens is 1. The summed E-state index contributed by atoms with van der Waals surface area (Å²) in [6.07, 6.45) is 1.73. The number of likely N-dealkylation sites (tertiary alicyclic amines) is 1. The van der Waals surface area contributed by atoms with Crippen molar-refractivity contribution >= 4 is 5.91 Å². The first kappa shape index (κ1) is 12.8. The molecule has 1 saturated heterocycles. The Bertz CT molecular complexity index is 450. The van der Waals surface area contributed by atoms with Gasteiger partial charge in [0.05, 0.1) is 5.56 Å². The van der Waals surface area contributed by atoms with Crippen LogP contribution in [0.25, 0.3) is 0 Å². The summed E-state index contributed by atoms with van der Waals surface area (Å²) < 4.78 is 12.9. The molecule has 0 radical (unpaired) electrons. The average molecular weight is 253 g/mol. The molecule has 4 nitrogen and oxygen atoms in total. The molecule has 1 aliphatic heterocycles. The molecule has 0 spiro atoms. The number of phenols is 1. The first-order valence-corrected chi connectivity index (χ1v) is 6.00. The summed E-state index contributed by atoms with van der Waals surface area (Å²) in [6.45, 7) is 1.14. The number of nitrogens with zero attached hydrogens (tertiary/aromatic N) is 1.